The van der Waals surface area contributed by atoms with Crippen molar-refractivity contribution in [2.75, 3.05) is 23.9 Å². The molecule has 0 aromatic heterocycles. The lowest BCUT2D eigenvalue weighted by Gasteiger charge is -2.21. The molecule has 0 spiro atoms. The van der Waals surface area contributed by atoms with Crippen LogP contribution >= 0.6 is 11.6 Å². The molecule has 3 aromatic rings. The van der Waals surface area contributed by atoms with E-state index in [1.54, 1.807) is 25.3 Å². The number of hydrogen-bond acceptors (Lipinski definition) is 4. The van der Waals surface area contributed by atoms with Crippen LogP contribution in [0.1, 0.15) is 12.0 Å². The second kappa shape index (κ2) is 10.6. The highest BCUT2D eigenvalue weighted by Crippen LogP contribution is 2.29. The normalized spacial score (nSPS) is 15.5. The van der Waals surface area contributed by atoms with Crippen molar-refractivity contribution in [3.8, 4) is 5.75 Å². The monoisotopic (exact) mass is 495 g/mol. The molecule has 0 unspecified atom stereocenters. The fourth-order valence-corrected chi connectivity index (χ4v) is 4.09. The Labute approximate surface area is 207 Å². The highest BCUT2D eigenvalue weighted by Gasteiger charge is 2.46. The molecule has 1 aliphatic heterocycles. The van der Waals surface area contributed by atoms with E-state index in [0.717, 1.165) is 10.5 Å². The SMILES string of the molecule is COc1ccc(CCN2C(=O)N(c3cccc(Cl)c3)C(=O)[C@H]2CC(=O)Nc2ccc(F)cc2)cc1. The maximum Gasteiger partial charge on any atom is 0.332 e. The van der Waals surface area contributed by atoms with Crippen LogP contribution in [-0.2, 0) is 16.0 Å². The van der Waals surface area contributed by atoms with E-state index < -0.39 is 29.7 Å². The molecule has 180 valence electrons. The molecule has 1 aliphatic rings. The topological polar surface area (TPSA) is 79.0 Å². The van der Waals surface area contributed by atoms with Gasteiger partial charge in [-0.25, -0.2) is 14.1 Å². The van der Waals surface area contributed by atoms with Crippen LogP contribution in [0.4, 0.5) is 20.6 Å². The van der Waals surface area contributed by atoms with Gasteiger partial charge in [-0.15, -0.1) is 0 Å². The van der Waals surface area contributed by atoms with E-state index >= 15 is 0 Å². The summed E-state index contributed by atoms with van der Waals surface area (Å²) in [5.41, 5.74) is 1.68. The molecule has 0 saturated carbocycles. The van der Waals surface area contributed by atoms with Crippen LogP contribution in [0.5, 0.6) is 5.75 Å². The second-order valence-electron chi connectivity index (χ2n) is 8.00. The number of imide groups is 1. The Balaban J connectivity index is 1.55. The number of hydrogen-bond donors (Lipinski definition) is 1. The molecule has 3 aromatic carbocycles. The summed E-state index contributed by atoms with van der Waals surface area (Å²) in [6.07, 6.45) is 0.226. The van der Waals surface area contributed by atoms with Gasteiger partial charge in [-0.05, 0) is 66.6 Å². The zero-order valence-corrected chi connectivity index (χ0v) is 19.7. The second-order valence-corrected chi connectivity index (χ2v) is 8.44. The summed E-state index contributed by atoms with van der Waals surface area (Å²) in [4.78, 5) is 41.9. The zero-order chi connectivity index (χ0) is 24.9. The summed E-state index contributed by atoms with van der Waals surface area (Å²) in [5.74, 6) is -0.698. The van der Waals surface area contributed by atoms with Crippen LogP contribution in [0.15, 0.2) is 72.8 Å². The van der Waals surface area contributed by atoms with Crippen molar-refractivity contribution in [1.29, 1.82) is 0 Å². The maximum absolute atomic E-state index is 13.3. The van der Waals surface area contributed by atoms with Crippen molar-refractivity contribution in [3.05, 3.63) is 89.2 Å². The first-order valence-electron chi connectivity index (χ1n) is 10.9. The van der Waals surface area contributed by atoms with Gasteiger partial charge in [0.15, 0.2) is 0 Å². The predicted octanol–water partition coefficient (Wildman–Crippen LogP) is 4.90. The summed E-state index contributed by atoms with van der Waals surface area (Å²) in [6, 6.07) is 17.6. The van der Waals surface area contributed by atoms with Gasteiger partial charge in [0, 0.05) is 17.3 Å². The molecule has 9 heteroatoms. The molecule has 1 saturated heterocycles. The van der Waals surface area contributed by atoms with Crippen LogP contribution in [-0.4, -0.2) is 42.4 Å². The number of nitrogens with one attached hydrogen (secondary N) is 1. The minimum atomic E-state index is -1.000. The fourth-order valence-electron chi connectivity index (χ4n) is 3.90. The zero-order valence-electron chi connectivity index (χ0n) is 18.9. The van der Waals surface area contributed by atoms with Gasteiger partial charge < -0.3 is 15.0 Å². The van der Waals surface area contributed by atoms with E-state index in [0.29, 0.717) is 28.6 Å². The number of carbonyl (C=O) groups is 3. The Morgan fingerprint density at radius 3 is 2.43 bits per heavy atom. The molecule has 0 bridgehead atoms. The van der Waals surface area contributed by atoms with E-state index in [1.807, 2.05) is 24.3 Å². The van der Waals surface area contributed by atoms with Crippen molar-refractivity contribution in [2.24, 2.45) is 0 Å². The summed E-state index contributed by atoms with van der Waals surface area (Å²) < 4.78 is 18.3. The first-order chi connectivity index (χ1) is 16.9. The molecule has 4 amide bonds. The average Bonchev–Trinajstić information content (AvgIpc) is 3.08. The number of benzene rings is 3. The number of rotatable bonds is 8. The van der Waals surface area contributed by atoms with Gasteiger partial charge in [-0.1, -0.05) is 29.8 Å². The summed E-state index contributed by atoms with van der Waals surface area (Å²) in [7, 11) is 1.58. The maximum atomic E-state index is 13.3. The molecule has 1 atom stereocenters. The van der Waals surface area contributed by atoms with Gasteiger partial charge in [0.25, 0.3) is 5.91 Å². The molecular weight excluding hydrogens is 473 g/mol. The molecule has 0 radical (unpaired) electrons. The number of methoxy groups -OCH3 is 1. The van der Waals surface area contributed by atoms with Crippen LogP contribution in [0.25, 0.3) is 0 Å². The first kappa shape index (κ1) is 24.2. The molecular formula is C26H23ClFN3O4. The van der Waals surface area contributed by atoms with Crippen LogP contribution in [0.2, 0.25) is 5.02 Å². The van der Waals surface area contributed by atoms with E-state index in [-0.39, 0.29) is 13.0 Å². The summed E-state index contributed by atoms with van der Waals surface area (Å²) >= 11 is 6.08. The molecule has 35 heavy (non-hydrogen) atoms. The highest BCUT2D eigenvalue weighted by molar-refractivity contribution is 6.31. The lowest BCUT2D eigenvalue weighted by molar-refractivity contribution is -0.124. The number of urea groups is 1. The largest absolute Gasteiger partial charge is 0.497 e. The van der Waals surface area contributed by atoms with Gasteiger partial charge in [-0.2, -0.15) is 0 Å². The molecule has 1 heterocycles. The Kier molecular flexibility index (Phi) is 7.31. The number of amides is 4. The lowest BCUT2D eigenvalue weighted by atomic mass is 10.1. The number of anilines is 2. The van der Waals surface area contributed by atoms with E-state index in [2.05, 4.69) is 5.32 Å². The number of ether oxygens (including phenoxy) is 1. The molecule has 4 rings (SSSR count). The number of nitrogens with zero attached hydrogens (tertiary/aromatic N) is 2. The van der Waals surface area contributed by atoms with Crippen molar-refractivity contribution < 1.29 is 23.5 Å². The summed E-state index contributed by atoms with van der Waals surface area (Å²) in [5, 5.41) is 3.03. The Morgan fingerprint density at radius 2 is 1.77 bits per heavy atom. The van der Waals surface area contributed by atoms with E-state index in [4.69, 9.17) is 16.3 Å². The third-order valence-electron chi connectivity index (χ3n) is 5.69. The van der Waals surface area contributed by atoms with Crippen LogP contribution < -0.4 is 15.0 Å². The van der Waals surface area contributed by atoms with Crippen molar-refractivity contribution in [3.63, 3.8) is 0 Å². The molecule has 1 N–H and O–H groups in total. The van der Waals surface area contributed by atoms with E-state index in [9.17, 15) is 18.8 Å². The lowest BCUT2D eigenvalue weighted by Crippen LogP contribution is -2.39. The molecule has 7 nitrogen and oxygen atoms in total. The number of halogens is 2. The average molecular weight is 496 g/mol. The third-order valence-corrected chi connectivity index (χ3v) is 5.93. The van der Waals surface area contributed by atoms with Crippen molar-refractivity contribution >= 4 is 40.8 Å². The Morgan fingerprint density at radius 1 is 1.06 bits per heavy atom. The van der Waals surface area contributed by atoms with E-state index in [1.165, 1.54) is 35.2 Å². The minimum Gasteiger partial charge on any atom is -0.497 e. The molecule has 1 fully saturated rings. The third kappa shape index (κ3) is 5.60. The standard InChI is InChI=1S/C26H23ClFN3O4/c1-35-22-11-5-17(6-12-22)13-14-30-23(16-24(32)29-20-9-7-19(28)8-10-20)25(33)31(26(30)34)21-4-2-3-18(27)15-21/h2-12,15,23H,13-14,16H2,1H3,(H,29,32)/t23-/m1/s1. The smallest absolute Gasteiger partial charge is 0.332 e. The van der Waals surface area contributed by atoms with Crippen molar-refractivity contribution in [2.45, 2.75) is 18.9 Å². The summed E-state index contributed by atoms with van der Waals surface area (Å²) in [6.45, 7) is 0.225. The minimum absolute atomic E-state index is 0.225. The van der Waals surface area contributed by atoms with Gasteiger partial charge >= 0.3 is 6.03 Å². The Bertz CT molecular complexity index is 1230. The van der Waals surface area contributed by atoms with Crippen LogP contribution in [0, 0.1) is 5.82 Å². The first-order valence-corrected chi connectivity index (χ1v) is 11.3. The van der Waals surface area contributed by atoms with Gasteiger partial charge in [0.2, 0.25) is 5.91 Å². The fraction of sp³-hybridized carbons (Fsp3) is 0.192. The van der Waals surface area contributed by atoms with Gasteiger partial charge in [-0.3, -0.25) is 9.59 Å². The molecule has 0 aliphatic carbocycles. The quantitative estimate of drug-likeness (QED) is 0.451. The van der Waals surface area contributed by atoms with Gasteiger partial charge in [0.1, 0.15) is 17.6 Å². The van der Waals surface area contributed by atoms with Crippen LogP contribution in [0.3, 0.4) is 0 Å². The predicted molar refractivity (Wildman–Crippen MR) is 131 cm³/mol. The Hall–Kier alpha value is -3.91. The number of carbonyl (C=O) groups excluding carboxylic acids is 3. The van der Waals surface area contributed by atoms with Gasteiger partial charge in [0.05, 0.1) is 19.2 Å². The van der Waals surface area contributed by atoms with Crippen molar-refractivity contribution in [1.82, 2.24) is 4.90 Å². The highest BCUT2D eigenvalue weighted by atomic mass is 35.5.